The average molecular weight is 593 g/mol. The van der Waals surface area contributed by atoms with E-state index in [1.165, 1.54) is 4.57 Å². The van der Waals surface area contributed by atoms with Gasteiger partial charge in [-0.2, -0.15) is 0 Å². The number of alkyl carbamates (subject to hydrolysis) is 1. The molecule has 0 aliphatic heterocycles. The fourth-order valence-electron chi connectivity index (χ4n) is 3.50. The highest BCUT2D eigenvalue weighted by atomic mass is 28.4. The van der Waals surface area contributed by atoms with Crippen molar-refractivity contribution in [2.45, 2.75) is 104 Å². The smallest absolute Gasteiger partial charge is 0.418 e. The standard InChI is InChI=1S/C29H48N2O7Si2/c1-13-35-26(33)30-23(25(32)38-40(11,12)29(6,7)8)17-20-19-31(27(34)36-14-2)24-16-15-21(18-22(20)24)37-39(9,10)28(3,4)5/h15-16,18-19,23H,13-14,17H2,1-12H3,(H,30,33). The van der Waals surface area contributed by atoms with E-state index in [0.717, 1.165) is 5.39 Å². The summed E-state index contributed by atoms with van der Waals surface area (Å²) in [6, 6.07) is 4.53. The first-order valence-electron chi connectivity index (χ1n) is 13.9. The fraction of sp³-hybridized carbons (Fsp3) is 0.621. The van der Waals surface area contributed by atoms with Gasteiger partial charge in [-0.3, -0.25) is 9.36 Å². The van der Waals surface area contributed by atoms with Gasteiger partial charge in [0.25, 0.3) is 8.32 Å². The number of aromatic nitrogens is 1. The molecule has 9 nitrogen and oxygen atoms in total. The molecule has 0 aliphatic rings. The molecule has 11 heteroatoms. The number of hydrogen-bond donors (Lipinski definition) is 1. The number of rotatable bonds is 9. The first-order chi connectivity index (χ1) is 18.2. The van der Waals surface area contributed by atoms with Gasteiger partial charge in [0.1, 0.15) is 11.8 Å². The van der Waals surface area contributed by atoms with E-state index in [4.69, 9.17) is 18.3 Å². The molecule has 1 aromatic carbocycles. The highest BCUT2D eigenvalue weighted by molar-refractivity contribution is 6.75. The van der Waals surface area contributed by atoms with Gasteiger partial charge in [0.05, 0.1) is 18.7 Å². The summed E-state index contributed by atoms with van der Waals surface area (Å²) in [7, 11) is -4.63. The van der Waals surface area contributed by atoms with Crippen molar-refractivity contribution < 1.29 is 32.7 Å². The predicted molar refractivity (Wildman–Crippen MR) is 163 cm³/mol. The van der Waals surface area contributed by atoms with Crippen LogP contribution in [-0.4, -0.2) is 58.6 Å². The van der Waals surface area contributed by atoms with Gasteiger partial charge in [0.2, 0.25) is 8.32 Å². The normalized spacial score (nSPS) is 13.5. The van der Waals surface area contributed by atoms with Gasteiger partial charge in [0, 0.05) is 18.0 Å². The molecule has 0 aliphatic carbocycles. The van der Waals surface area contributed by atoms with Crippen LogP contribution in [0.15, 0.2) is 24.4 Å². The van der Waals surface area contributed by atoms with E-state index in [1.807, 2.05) is 52.1 Å². The summed E-state index contributed by atoms with van der Waals surface area (Å²) in [5, 5.41) is 3.17. The second-order valence-corrected chi connectivity index (χ2v) is 22.5. The van der Waals surface area contributed by atoms with Crippen LogP contribution in [0.3, 0.4) is 0 Å². The molecule has 0 bridgehead atoms. The molecular formula is C29H48N2O7Si2. The first kappa shape index (κ1) is 33.4. The van der Waals surface area contributed by atoms with Gasteiger partial charge < -0.3 is 23.6 Å². The third-order valence-corrected chi connectivity index (χ3v) is 16.6. The largest absolute Gasteiger partial charge is 0.543 e. The lowest BCUT2D eigenvalue weighted by Crippen LogP contribution is -2.50. The number of nitrogens with one attached hydrogen (secondary N) is 1. The van der Waals surface area contributed by atoms with Gasteiger partial charge in [-0.25, -0.2) is 9.59 Å². The number of carbonyl (C=O) groups excluding carboxylic acids is 3. The van der Waals surface area contributed by atoms with Gasteiger partial charge in [-0.1, -0.05) is 41.5 Å². The topological polar surface area (TPSA) is 105 Å². The summed E-state index contributed by atoms with van der Waals surface area (Å²) in [4.78, 5) is 38.8. The zero-order chi connectivity index (χ0) is 30.7. The molecule has 0 fully saturated rings. The average Bonchev–Trinajstić information content (AvgIpc) is 3.14. The van der Waals surface area contributed by atoms with Crippen molar-refractivity contribution in [3.05, 3.63) is 30.0 Å². The summed E-state index contributed by atoms with van der Waals surface area (Å²) in [6.07, 6.45) is 0.489. The Balaban J connectivity index is 2.61. The minimum Gasteiger partial charge on any atom is -0.543 e. The zero-order valence-electron chi connectivity index (χ0n) is 26.3. The number of ether oxygens (including phenoxy) is 2. The van der Waals surface area contributed by atoms with Crippen molar-refractivity contribution in [2.24, 2.45) is 0 Å². The van der Waals surface area contributed by atoms with Crippen molar-refractivity contribution in [2.75, 3.05) is 13.2 Å². The third kappa shape index (κ3) is 7.90. The second kappa shape index (κ2) is 12.4. The molecule has 1 aromatic heterocycles. The summed E-state index contributed by atoms with van der Waals surface area (Å²) in [6.45, 7) is 24.7. The summed E-state index contributed by atoms with van der Waals surface area (Å²) >= 11 is 0. The molecule has 1 heterocycles. The Bertz CT molecular complexity index is 1220. The quantitative estimate of drug-likeness (QED) is 0.306. The van der Waals surface area contributed by atoms with Crippen molar-refractivity contribution in [3.8, 4) is 5.75 Å². The maximum atomic E-state index is 13.5. The zero-order valence-corrected chi connectivity index (χ0v) is 28.3. The number of fused-ring (bicyclic) bond motifs is 1. The summed E-state index contributed by atoms with van der Waals surface area (Å²) in [5.41, 5.74) is 1.28. The van der Waals surface area contributed by atoms with Gasteiger partial charge >= 0.3 is 18.2 Å². The second-order valence-electron chi connectivity index (χ2n) is 13.1. The molecule has 0 spiro atoms. The molecule has 2 aromatic rings. The van der Waals surface area contributed by atoms with Crippen molar-refractivity contribution in [1.82, 2.24) is 9.88 Å². The van der Waals surface area contributed by atoms with Gasteiger partial charge in [-0.15, -0.1) is 0 Å². The Morgan fingerprint density at radius 1 is 0.900 bits per heavy atom. The summed E-state index contributed by atoms with van der Waals surface area (Å²) < 4.78 is 24.4. The van der Waals surface area contributed by atoms with Crippen LogP contribution in [0.5, 0.6) is 5.75 Å². The van der Waals surface area contributed by atoms with Crippen LogP contribution in [0.25, 0.3) is 10.9 Å². The molecule has 0 radical (unpaired) electrons. The van der Waals surface area contributed by atoms with E-state index < -0.39 is 40.8 Å². The predicted octanol–water partition coefficient (Wildman–Crippen LogP) is 7.24. The molecule has 0 saturated heterocycles. The van der Waals surface area contributed by atoms with Gasteiger partial charge in [-0.05, 0) is 73.9 Å². The number of carbonyl (C=O) groups is 3. The number of nitrogens with zero attached hydrogens (tertiary/aromatic N) is 1. The lowest BCUT2D eigenvalue weighted by molar-refractivity contribution is -0.137. The number of benzene rings is 1. The van der Waals surface area contributed by atoms with Crippen LogP contribution in [0.1, 0.15) is 61.0 Å². The Kier molecular flexibility index (Phi) is 10.3. The number of amides is 1. The van der Waals surface area contributed by atoms with Crippen molar-refractivity contribution in [3.63, 3.8) is 0 Å². The lowest BCUT2D eigenvalue weighted by atomic mass is 10.0. The fourth-order valence-corrected chi connectivity index (χ4v) is 5.47. The van der Waals surface area contributed by atoms with Crippen LogP contribution in [0, 0.1) is 0 Å². The van der Waals surface area contributed by atoms with E-state index in [9.17, 15) is 14.4 Å². The van der Waals surface area contributed by atoms with Crippen molar-refractivity contribution in [1.29, 1.82) is 0 Å². The summed E-state index contributed by atoms with van der Waals surface area (Å²) in [5.74, 6) is 0.144. The molecular weight excluding hydrogens is 544 g/mol. The van der Waals surface area contributed by atoms with Crippen LogP contribution in [0.4, 0.5) is 9.59 Å². The molecule has 1 N–H and O–H groups in total. The monoisotopic (exact) mass is 592 g/mol. The molecule has 224 valence electrons. The van der Waals surface area contributed by atoms with Crippen LogP contribution in [0.2, 0.25) is 36.3 Å². The highest BCUT2D eigenvalue weighted by Gasteiger charge is 2.42. The Labute approximate surface area is 241 Å². The molecule has 1 unspecified atom stereocenters. The maximum absolute atomic E-state index is 13.5. The van der Waals surface area contributed by atoms with E-state index in [1.54, 1.807) is 20.0 Å². The van der Waals surface area contributed by atoms with Crippen LogP contribution < -0.4 is 9.74 Å². The number of hydrogen-bond acceptors (Lipinski definition) is 7. The minimum atomic E-state index is -2.48. The maximum Gasteiger partial charge on any atom is 0.418 e. The third-order valence-electron chi connectivity index (χ3n) is 7.94. The molecule has 40 heavy (non-hydrogen) atoms. The molecule has 1 amide bonds. The van der Waals surface area contributed by atoms with Crippen LogP contribution >= 0.6 is 0 Å². The molecule has 0 saturated carbocycles. The lowest BCUT2D eigenvalue weighted by Gasteiger charge is -2.36. The minimum absolute atomic E-state index is 0.0101. The van der Waals surface area contributed by atoms with E-state index in [-0.39, 0.29) is 29.7 Å². The Morgan fingerprint density at radius 3 is 2.00 bits per heavy atom. The Hall–Kier alpha value is -2.80. The highest BCUT2D eigenvalue weighted by Crippen LogP contribution is 2.39. The van der Waals surface area contributed by atoms with E-state index in [2.05, 4.69) is 39.2 Å². The molecule has 1 atom stereocenters. The SMILES string of the molecule is CCOC(=O)NC(Cc1cn(C(=O)OCC)c2ccc(O[Si](C)(C)C(C)(C)C)cc12)C(=O)O[Si](C)(C)C(C)(C)C. The van der Waals surface area contributed by atoms with Crippen LogP contribution in [-0.2, 0) is 25.1 Å². The van der Waals surface area contributed by atoms with Gasteiger partial charge in [0.15, 0.2) is 0 Å². The van der Waals surface area contributed by atoms with E-state index in [0.29, 0.717) is 16.8 Å². The van der Waals surface area contributed by atoms with E-state index >= 15 is 0 Å². The molecule has 2 rings (SSSR count). The Morgan fingerprint density at radius 2 is 1.48 bits per heavy atom. The first-order valence-corrected chi connectivity index (χ1v) is 19.7. The van der Waals surface area contributed by atoms with Crippen molar-refractivity contribution >= 4 is 45.7 Å².